The van der Waals surface area contributed by atoms with Gasteiger partial charge in [0, 0.05) is 32.9 Å². The molecule has 2 atom stereocenters. The molecule has 1 fully saturated rings. The molecule has 0 unspecified atom stereocenters. The molecular formula is C46H53N3O9. The number of benzene rings is 4. The molecule has 4 amide bonds. The van der Waals surface area contributed by atoms with Crippen molar-refractivity contribution in [1.29, 1.82) is 0 Å². The van der Waals surface area contributed by atoms with Gasteiger partial charge in [-0.2, -0.15) is 0 Å². The largest absolute Gasteiger partial charge is 0.497 e. The van der Waals surface area contributed by atoms with Crippen molar-refractivity contribution in [3.05, 3.63) is 131 Å². The van der Waals surface area contributed by atoms with Crippen molar-refractivity contribution in [3.63, 3.8) is 0 Å². The molecule has 0 aromatic heterocycles. The number of esters is 1. The highest BCUT2D eigenvalue weighted by molar-refractivity contribution is 6.21. The van der Waals surface area contributed by atoms with Gasteiger partial charge in [-0.1, -0.05) is 80.6 Å². The van der Waals surface area contributed by atoms with Crippen LogP contribution in [-0.4, -0.2) is 92.5 Å². The molecular weight excluding hydrogens is 739 g/mol. The number of hydrogen-bond acceptors (Lipinski definition) is 9. The minimum absolute atomic E-state index is 0. The van der Waals surface area contributed by atoms with Crippen LogP contribution in [0.1, 0.15) is 89.8 Å². The van der Waals surface area contributed by atoms with Crippen molar-refractivity contribution >= 4 is 29.6 Å². The fourth-order valence-corrected chi connectivity index (χ4v) is 7.61. The first kappa shape index (κ1) is 43.1. The molecule has 0 aliphatic carbocycles. The van der Waals surface area contributed by atoms with Gasteiger partial charge in [0.15, 0.2) is 0 Å². The van der Waals surface area contributed by atoms with Crippen LogP contribution in [0.2, 0.25) is 0 Å². The molecule has 1 N–H and O–H groups in total. The predicted octanol–water partition coefficient (Wildman–Crippen LogP) is 6.54. The molecule has 1 saturated heterocycles. The van der Waals surface area contributed by atoms with Crippen molar-refractivity contribution in [3.8, 4) is 11.5 Å². The molecule has 0 saturated carbocycles. The maximum absolute atomic E-state index is 14.0. The summed E-state index contributed by atoms with van der Waals surface area (Å²) in [4.78, 5) is 67.3. The number of methoxy groups -OCH3 is 2. The second-order valence-corrected chi connectivity index (χ2v) is 14.2. The smallest absolute Gasteiger partial charge is 0.306 e. The highest BCUT2D eigenvalue weighted by Crippen LogP contribution is 2.42. The second kappa shape index (κ2) is 19.9. The van der Waals surface area contributed by atoms with Gasteiger partial charge in [0.1, 0.15) is 23.2 Å². The van der Waals surface area contributed by atoms with Crippen LogP contribution >= 0.6 is 0 Å². The number of likely N-dealkylation sites (tertiary alicyclic amines) is 1. The summed E-state index contributed by atoms with van der Waals surface area (Å²) in [6, 6.07) is 31.6. The summed E-state index contributed by atoms with van der Waals surface area (Å²) in [5, 5.41) is 2.51. The molecule has 4 aromatic rings. The van der Waals surface area contributed by atoms with Gasteiger partial charge in [0.2, 0.25) is 11.8 Å². The molecule has 58 heavy (non-hydrogen) atoms. The summed E-state index contributed by atoms with van der Waals surface area (Å²) in [6.45, 7) is 0.550. The summed E-state index contributed by atoms with van der Waals surface area (Å²) in [5.41, 5.74) is 2.25. The number of hydrogen-bond donors (Lipinski definition) is 1. The minimum Gasteiger partial charge on any atom is -0.497 e. The van der Waals surface area contributed by atoms with E-state index < -0.39 is 23.7 Å². The van der Waals surface area contributed by atoms with Crippen LogP contribution < -0.4 is 14.8 Å². The third kappa shape index (κ3) is 9.57. The van der Waals surface area contributed by atoms with Crippen molar-refractivity contribution in [2.75, 3.05) is 41.0 Å². The third-order valence-corrected chi connectivity index (χ3v) is 10.6. The summed E-state index contributed by atoms with van der Waals surface area (Å²) in [6.07, 6.45) is 1.60. The third-order valence-electron chi connectivity index (χ3n) is 10.6. The van der Waals surface area contributed by atoms with Crippen LogP contribution in [0.3, 0.4) is 0 Å². The molecule has 0 spiro atoms. The Balaban J connectivity index is 0.00000641. The van der Waals surface area contributed by atoms with Gasteiger partial charge < -0.3 is 29.2 Å². The molecule has 0 radical (unpaired) electrons. The van der Waals surface area contributed by atoms with E-state index in [1.807, 2.05) is 78.9 Å². The number of carbonyl (C=O) groups excluding carboxylic acids is 5. The molecule has 306 valence electrons. The van der Waals surface area contributed by atoms with E-state index in [4.69, 9.17) is 18.9 Å². The molecule has 2 aliphatic rings. The Morgan fingerprint density at radius 2 is 1.26 bits per heavy atom. The van der Waals surface area contributed by atoms with Gasteiger partial charge in [-0.25, -0.2) is 0 Å². The Bertz CT molecular complexity index is 1950. The van der Waals surface area contributed by atoms with E-state index in [-0.39, 0.29) is 70.0 Å². The van der Waals surface area contributed by atoms with Crippen molar-refractivity contribution in [2.24, 2.45) is 0 Å². The first-order chi connectivity index (χ1) is 27.7. The number of imide groups is 1. The number of nitrogens with one attached hydrogen (secondary N) is 1. The number of amides is 4. The van der Waals surface area contributed by atoms with E-state index in [1.54, 1.807) is 43.4 Å². The topological polar surface area (TPSA) is 141 Å². The number of ether oxygens (including phenoxy) is 4. The molecule has 6 rings (SSSR count). The fraction of sp³-hybridized carbons (Fsp3) is 0.370. The first-order valence-corrected chi connectivity index (χ1v) is 19.3. The highest BCUT2D eigenvalue weighted by atomic mass is 16.5. The van der Waals surface area contributed by atoms with Gasteiger partial charge in [0.05, 0.1) is 51.0 Å². The van der Waals surface area contributed by atoms with E-state index in [0.717, 1.165) is 16.7 Å². The van der Waals surface area contributed by atoms with Gasteiger partial charge in [-0.15, -0.1) is 0 Å². The lowest BCUT2D eigenvalue weighted by atomic mass is 9.80. The Morgan fingerprint density at radius 3 is 1.81 bits per heavy atom. The van der Waals surface area contributed by atoms with Crippen LogP contribution in [0, 0.1) is 0 Å². The summed E-state index contributed by atoms with van der Waals surface area (Å²) in [5.74, 6) is -0.107. The number of carbonyl (C=O) groups is 5. The molecule has 2 heterocycles. The molecule has 0 bridgehead atoms. The van der Waals surface area contributed by atoms with Crippen molar-refractivity contribution in [2.45, 2.75) is 70.1 Å². The Labute approximate surface area is 340 Å². The maximum atomic E-state index is 14.0. The monoisotopic (exact) mass is 791 g/mol. The van der Waals surface area contributed by atoms with Crippen LogP contribution in [0.25, 0.3) is 0 Å². The standard InChI is InChI=1S/C45H49N3O9.CH4/c1-46-40(49)25-26-42(51)57-37-28-34(48(29-37)41(50)16-8-5-11-27-47-43(52)38-14-9-10-15-39(38)44(47)53)30-56-45(31-12-6-4-7-13-31,32-17-21-35(54-2)22-18-32)33-19-23-36(55-3)24-20-33;/h4,6-7,9-10,12-15,17-24,34,37H,5,8,11,16,25-30H2,1-3H3,(H,46,49);1H4/t34-,37+;/m0./s1. The van der Waals surface area contributed by atoms with Crippen LogP contribution in [-0.2, 0) is 29.5 Å². The predicted molar refractivity (Wildman–Crippen MR) is 219 cm³/mol. The van der Waals surface area contributed by atoms with E-state index in [9.17, 15) is 24.0 Å². The lowest BCUT2D eigenvalue weighted by Crippen LogP contribution is -2.42. The normalized spacial score (nSPS) is 16.1. The minimum atomic E-state index is -1.12. The number of nitrogens with zero attached hydrogens (tertiary/aromatic N) is 2. The van der Waals surface area contributed by atoms with E-state index in [1.165, 1.54) is 11.9 Å². The average molecular weight is 792 g/mol. The van der Waals surface area contributed by atoms with Gasteiger partial charge in [0.25, 0.3) is 11.8 Å². The first-order valence-electron chi connectivity index (χ1n) is 19.3. The van der Waals surface area contributed by atoms with E-state index in [2.05, 4.69) is 5.32 Å². The highest BCUT2D eigenvalue weighted by Gasteiger charge is 2.43. The van der Waals surface area contributed by atoms with Crippen molar-refractivity contribution < 1.29 is 42.9 Å². The van der Waals surface area contributed by atoms with E-state index >= 15 is 0 Å². The number of unbranched alkanes of at least 4 members (excludes halogenated alkanes) is 2. The van der Waals surface area contributed by atoms with Gasteiger partial charge in [-0.3, -0.25) is 28.9 Å². The molecule has 12 nitrogen and oxygen atoms in total. The summed E-state index contributed by atoms with van der Waals surface area (Å²) in [7, 11) is 4.74. The van der Waals surface area contributed by atoms with Crippen LogP contribution in [0.5, 0.6) is 11.5 Å². The second-order valence-electron chi connectivity index (χ2n) is 14.2. The Morgan fingerprint density at radius 1 is 0.707 bits per heavy atom. The summed E-state index contributed by atoms with van der Waals surface area (Å²) >= 11 is 0. The average Bonchev–Trinajstić information content (AvgIpc) is 3.77. The van der Waals surface area contributed by atoms with Crippen LogP contribution in [0.4, 0.5) is 0 Å². The maximum Gasteiger partial charge on any atom is 0.306 e. The van der Waals surface area contributed by atoms with Crippen LogP contribution in [0.15, 0.2) is 103 Å². The lowest BCUT2D eigenvalue weighted by Gasteiger charge is -2.38. The zero-order valence-electron chi connectivity index (χ0n) is 32.6. The molecule has 2 aliphatic heterocycles. The lowest BCUT2D eigenvalue weighted by molar-refractivity contribution is -0.150. The molecule has 12 heteroatoms. The zero-order chi connectivity index (χ0) is 40.4. The van der Waals surface area contributed by atoms with Gasteiger partial charge >= 0.3 is 5.97 Å². The number of rotatable bonds is 18. The Kier molecular flexibility index (Phi) is 14.8. The van der Waals surface area contributed by atoms with E-state index in [0.29, 0.717) is 48.3 Å². The van der Waals surface area contributed by atoms with Gasteiger partial charge in [-0.05, 0) is 65.9 Å². The van der Waals surface area contributed by atoms with Crippen molar-refractivity contribution in [1.82, 2.24) is 15.1 Å². The number of fused-ring (bicyclic) bond motifs is 1. The SMILES string of the molecule is C.CNC(=O)CCC(=O)O[C@@H]1C[C@@H](COC(c2ccccc2)(c2ccc(OC)cc2)c2ccc(OC)cc2)N(C(=O)CCCCCN2C(=O)c3ccccc3C2=O)C1. The quantitative estimate of drug-likeness (QED) is 0.0515. The fourth-order valence-electron chi connectivity index (χ4n) is 7.61. The summed E-state index contributed by atoms with van der Waals surface area (Å²) < 4.78 is 24.0. The zero-order valence-corrected chi connectivity index (χ0v) is 32.6. The Hall–Kier alpha value is -6.01. The molecule has 4 aromatic carbocycles.